The highest BCUT2D eigenvalue weighted by atomic mass is 35.5. The average Bonchev–Trinajstić information content (AvgIpc) is 2.47. The Bertz CT molecular complexity index is 530. The topological polar surface area (TPSA) is 61.8 Å². The summed E-state index contributed by atoms with van der Waals surface area (Å²) in [5, 5.41) is 0.393. The van der Waals surface area contributed by atoms with Crippen molar-refractivity contribution in [2.75, 3.05) is 39.3 Å². The maximum Gasteiger partial charge on any atom is 0.178 e. The Kier molecular flexibility index (Phi) is 8.21. The smallest absolute Gasteiger partial charge is 0.178 e. The number of rotatable bonds is 10. The molecule has 0 radical (unpaired) electrons. The predicted molar refractivity (Wildman–Crippen MR) is 81.5 cm³/mol. The second-order valence-electron chi connectivity index (χ2n) is 4.28. The quantitative estimate of drug-likeness (QED) is 0.614. The minimum atomic E-state index is -3.32. The molecule has 1 aromatic carbocycles. The van der Waals surface area contributed by atoms with Crippen LogP contribution in [0.1, 0.15) is 12.5 Å². The number of hydrogen-bond acceptors (Lipinski definition) is 5. The van der Waals surface area contributed by atoms with Crippen LogP contribution in [0.4, 0.5) is 0 Å². The van der Waals surface area contributed by atoms with E-state index in [9.17, 15) is 8.42 Å². The van der Waals surface area contributed by atoms with E-state index in [1.54, 1.807) is 32.2 Å². The molecule has 1 rings (SSSR count). The van der Waals surface area contributed by atoms with Crippen molar-refractivity contribution in [2.24, 2.45) is 0 Å². The summed E-state index contributed by atoms with van der Waals surface area (Å²) in [6.45, 7) is 3.56. The SMILES string of the molecule is CCS(=O)(=O)c1cccc(Cl)c1COCCOCCOC. The molecule has 0 fully saturated rings. The predicted octanol–water partition coefficient (Wildman–Crippen LogP) is 2.31. The third kappa shape index (κ3) is 5.92. The summed E-state index contributed by atoms with van der Waals surface area (Å²) in [5.74, 6) is 0.0282. The van der Waals surface area contributed by atoms with E-state index in [0.717, 1.165) is 0 Å². The van der Waals surface area contributed by atoms with Crippen LogP contribution >= 0.6 is 11.6 Å². The van der Waals surface area contributed by atoms with Gasteiger partial charge in [-0.15, -0.1) is 0 Å². The summed E-state index contributed by atoms with van der Waals surface area (Å²) in [4.78, 5) is 0.234. The molecule has 0 amide bonds. The normalized spacial score (nSPS) is 11.8. The van der Waals surface area contributed by atoms with Gasteiger partial charge in [-0.3, -0.25) is 0 Å². The second kappa shape index (κ2) is 9.38. The van der Waals surface area contributed by atoms with Gasteiger partial charge in [0, 0.05) is 17.7 Å². The van der Waals surface area contributed by atoms with Crippen molar-refractivity contribution in [3.05, 3.63) is 28.8 Å². The maximum atomic E-state index is 12.0. The molecule has 0 saturated heterocycles. The van der Waals surface area contributed by atoms with Crippen molar-refractivity contribution in [2.45, 2.75) is 18.4 Å². The molecule has 0 aliphatic carbocycles. The van der Waals surface area contributed by atoms with Crippen LogP contribution in [0.15, 0.2) is 23.1 Å². The number of sulfone groups is 1. The summed E-state index contributed by atoms with van der Waals surface area (Å²) in [7, 11) is -1.71. The molecule has 1 aromatic rings. The van der Waals surface area contributed by atoms with Crippen molar-refractivity contribution in [3.8, 4) is 0 Å². The van der Waals surface area contributed by atoms with Crippen LogP contribution in [0.25, 0.3) is 0 Å². The van der Waals surface area contributed by atoms with Gasteiger partial charge < -0.3 is 14.2 Å². The first-order chi connectivity index (χ1) is 10.0. The first-order valence-electron chi connectivity index (χ1n) is 6.67. The number of hydrogen-bond donors (Lipinski definition) is 0. The Morgan fingerprint density at radius 3 is 2.43 bits per heavy atom. The van der Waals surface area contributed by atoms with Gasteiger partial charge in [-0.25, -0.2) is 8.42 Å². The molecule has 7 heteroatoms. The van der Waals surface area contributed by atoms with Gasteiger partial charge in [0.1, 0.15) is 0 Å². The number of methoxy groups -OCH3 is 1. The first-order valence-corrected chi connectivity index (χ1v) is 8.70. The molecule has 5 nitrogen and oxygen atoms in total. The van der Waals surface area contributed by atoms with Crippen LogP contribution < -0.4 is 0 Å². The molecule has 0 heterocycles. The molecule has 21 heavy (non-hydrogen) atoms. The molecule has 0 spiro atoms. The van der Waals surface area contributed by atoms with Crippen LogP contribution in [0.2, 0.25) is 5.02 Å². The highest BCUT2D eigenvalue weighted by molar-refractivity contribution is 7.91. The van der Waals surface area contributed by atoms with E-state index >= 15 is 0 Å². The van der Waals surface area contributed by atoms with Gasteiger partial charge in [0.2, 0.25) is 0 Å². The second-order valence-corrected chi connectivity index (χ2v) is 6.93. The lowest BCUT2D eigenvalue weighted by Gasteiger charge is -2.12. The van der Waals surface area contributed by atoms with Crippen LogP contribution in [0.3, 0.4) is 0 Å². The van der Waals surface area contributed by atoms with E-state index in [2.05, 4.69) is 0 Å². The van der Waals surface area contributed by atoms with Crippen LogP contribution in [-0.2, 0) is 30.7 Å². The summed E-state index contributed by atoms with van der Waals surface area (Å²) in [5.41, 5.74) is 0.498. The first kappa shape index (κ1) is 18.4. The lowest BCUT2D eigenvalue weighted by Crippen LogP contribution is -2.11. The number of benzene rings is 1. The molecule has 0 N–H and O–H groups in total. The van der Waals surface area contributed by atoms with Crippen LogP contribution in [-0.4, -0.2) is 47.7 Å². The highest BCUT2D eigenvalue weighted by Crippen LogP contribution is 2.25. The molecule has 120 valence electrons. The van der Waals surface area contributed by atoms with E-state index in [0.29, 0.717) is 37.0 Å². The average molecular weight is 337 g/mol. The fourth-order valence-electron chi connectivity index (χ4n) is 1.66. The summed E-state index contributed by atoms with van der Waals surface area (Å²) in [6, 6.07) is 4.84. The lowest BCUT2D eigenvalue weighted by atomic mass is 10.2. The van der Waals surface area contributed by atoms with E-state index in [-0.39, 0.29) is 17.3 Å². The number of halogens is 1. The molecule has 0 atom stereocenters. The van der Waals surface area contributed by atoms with Crippen molar-refractivity contribution >= 4 is 21.4 Å². The molecule has 0 aromatic heterocycles. The summed E-state index contributed by atoms with van der Waals surface area (Å²) >= 11 is 6.08. The Labute approximate surface area is 131 Å². The maximum absolute atomic E-state index is 12.0. The van der Waals surface area contributed by atoms with Gasteiger partial charge in [0.25, 0.3) is 0 Å². The summed E-state index contributed by atoms with van der Waals surface area (Å²) < 4.78 is 39.6. The fraction of sp³-hybridized carbons (Fsp3) is 0.571. The van der Waals surface area contributed by atoms with E-state index < -0.39 is 9.84 Å². The van der Waals surface area contributed by atoms with Crippen molar-refractivity contribution in [1.29, 1.82) is 0 Å². The van der Waals surface area contributed by atoms with E-state index in [4.69, 9.17) is 25.8 Å². The van der Waals surface area contributed by atoms with Gasteiger partial charge in [0.15, 0.2) is 9.84 Å². The molecular formula is C14H21ClO5S. The Morgan fingerprint density at radius 2 is 1.76 bits per heavy atom. The summed E-state index contributed by atoms with van der Waals surface area (Å²) in [6.07, 6.45) is 0. The van der Waals surface area contributed by atoms with E-state index in [1.807, 2.05) is 0 Å². The molecule has 0 aliphatic rings. The van der Waals surface area contributed by atoms with Crippen LogP contribution in [0, 0.1) is 0 Å². The monoisotopic (exact) mass is 336 g/mol. The number of ether oxygens (including phenoxy) is 3. The third-order valence-corrected chi connectivity index (χ3v) is 5.01. The van der Waals surface area contributed by atoms with Crippen LogP contribution in [0.5, 0.6) is 0 Å². The molecule has 0 saturated carbocycles. The standard InChI is InChI=1S/C14H21ClO5S/c1-3-21(16,17)14-6-4-5-13(15)12(14)11-20-10-9-19-8-7-18-2/h4-6H,3,7-11H2,1-2H3. The minimum absolute atomic E-state index is 0.0282. The van der Waals surface area contributed by atoms with Crippen molar-refractivity contribution in [1.82, 2.24) is 0 Å². The fourth-order valence-corrected chi connectivity index (χ4v) is 3.09. The largest absolute Gasteiger partial charge is 0.382 e. The zero-order valence-corrected chi connectivity index (χ0v) is 13.9. The lowest BCUT2D eigenvalue weighted by molar-refractivity contribution is 0.0195. The molecule has 0 aliphatic heterocycles. The highest BCUT2D eigenvalue weighted by Gasteiger charge is 2.18. The molecule has 0 bridgehead atoms. The van der Waals surface area contributed by atoms with Gasteiger partial charge in [-0.1, -0.05) is 24.6 Å². The molecular weight excluding hydrogens is 316 g/mol. The zero-order valence-electron chi connectivity index (χ0n) is 12.3. The Hall–Kier alpha value is -0.660. The molecule has 0 unspecified atom stereocenters. The van der Waals surface area contributed by atoms with Gasteiger partial charge in [0.05, 0.1) is 43.7 Å². The third-order valence-electron chi connectivity index (χ3n) is 2.84. The van der Waals surface area contributed by atoms with Crippen molar-refractivity contribution < 1.29 is 22.6 Å². The van der Waals surface area contributed by atoms with Gasteiger partial charge in [-0.05, 0) is 12.1 Å². The van der Waals surface area contributed by atoms with E-state index in [1.165, 1.54) is 0 Å². The zero-order chi connectivity index (χ0) is 15.7. The van der Waals surface area contributed by atoms with Gasteiger partial charge >= 0.3 is 0 Å². The Morgan fingerprint density at radius 1 is 1.10 bits per heavy atom. The van der Waals surface area contributed by atoms with Gasteiger partial charge in [-0.2, -0.15) is 0 Å². The van der Waals surface area contributed by atoms with Crippen molar-refractivity contribution in [3.63, 3.8) is 0 Å². The minimum Gasteiger partial charge on any atom is -0.382 e. The Balaban J connectivity index is 2.59.